The molecule has 90 valence electrons. The number of aromatic nitrogens is 1. The average molecular weight is 345 g/mol. The zero-order valence-corrected chi connectivity index (χ0v) is 11.5. The van der Waals surface area contributed by atoms with E-state index in [1.54, 1.807) is 6.07 Å². The Balaban J connectivity index is 2.26. The molecule has 0 bridgehead atoms. The van der Waals surface area contributed by atoms with Gasteiger partial charge in [0.25, 0.3) is 0 Å². The van der Waals surface area contributed by atoms with Gasteiger partial charge < -0.3 is 5.73 Å². The molecule has 0 radical (unpaired) electrons. The van der Waals surface area contributed by atoms with Crippen molar-refractivity contribution < 1.29 is 9.59 Å². The summed E-state index contributed by atoms with van der Waals surface area (Å²) in [6.07, 6.45) is 0.183. The van der Waals surface area contributed by atoms with Gasteiger partial charge in [-0.1, -0.05) is 0 Å². The molecular weight excluding hydrogens is 333 g/mol. The fraction of sp³-hybridized carbons (Fsp3) is 0.364. The molecule has 0 aromatic carbocycles. The highest BCUT2D eigenvalue weighted by Gasteiger charge is 2.34. The lowest BCUT2D eigenvalue weighted by Crippen LogP contribution is -2.29. The molecule has 0 spiro atoms. The molecule has 1 fully saturated rings. The van der Waals surface area contributed by atoms with Gasteiger partial charge in [-0.05, 0) is 41.6 Å². The van der Waals surface area contributed by atoms with Crippen LogP contribution in [0.3, 0.4) is 0 Å². The molecule has 0 saturated carbocycles. The molecule has 1 aromatic heterocycles. The van der Waals surface area contributed by atoms with E-state index in [9.17, 15) is 9.59 Å². The van der Waals surface area contributed by atoms with E-state index in [0.29, 0.717) is 12.4 Å². The van der Waals surface area contributed by atoms with Gasteiger partial charge in [-0.3, -0.25) is 14.5 Å². The van der Waals surface area contributed by atoms with Crippen LogP contribution in [-0.4, -0.2) is 23.3 Å². The van der Waals surface area contributed by atoms with Crippen molar-refractivity contribution in [2.24, 2.45) is 11.7 Å². The zero-order valence-electron chi connectivity index (χ0n) is 9.31. The lowest BCUT2D eigenvalue weighted by molar-refractivity contribution is -0.123. The Kier molecular flexibility index (Phi) is 3.32. The van der Waals surface area contributed by atoms with Crippen LogP contribution in [0.1, 0.15) is 12.1 Å². The maximum Gasteiger partial charge on any atom is 0.229 e. The third-order valence-corrected chi connectivity index (χ3v) is 3.95. The molecule has 1 aliphatic heterocycles. The molecule has 6 heteroatoms. The maximum absolute atomic E-state index is 11.8. The molecule has 1 atom stereocenters. The minimum absolute atomic E-state index is 0.0955. The van der Waals surface area contributed by atoms with Crippen molar-refractivity contribution in [3.63, 3.8) is 0 Å². The first-order valence-electron chi connectivity index (χ1n) is 5.22. The number of rotatable bonds is 2. The normalized spacial score (nSPS) is 19.8. The van der Waals surface area contributed by atoms with Crippen molar-refractivity contribution in [1.82, 2.24) is 4.98 Å². The highest BCUT2D eigenvalue weighted by atomic mass is 127. The first-order chi connectivity index (χ1) is 7.99. The van der Waals surface area contributed by atoms with Gasteiger partial charge in [0, 0.05) is 16.5 Å². The number of carbonyl (C=O) groups is 2. The summed E-state index contributed by atoms with van der Waals surface area (Å²) in [6, 6.07) is 3.69. The second kappa shape index (κ2) is 4.59. The number of halogens is 1. The SMILES string of the molecule is Cc1nc(N2CC(C(N)=O)CC2=O)ccc1I. The van der Waals surface area contributed by atoms with Gasteiger partial charge in [0.15, 0.2) is 0 Å². The second-order valence-electron chi connectivity index (χ2n) is 4.04. The lowest BCUT2D eigenvalue weighted by atomic mass is 10.1. The number of aryl methyl sites for hydroxylation is 1. The number of pyridine rings is 1. The molecule has 2 rings (SSSR count). The Hall–Kier alpha value is -1.18. The quantitative estimate of drug-likeness (QED) is 0.807. The number of nitrogens with two attached hydrogens (primary N) is 1. The molecule has 0 aliphatic carbocycles. The summed E-state index contributed by atoms with van der Waals surface area (Å²) in [5.74, 6) is -0.328. The fourth-order valence-corrected chi connectivity index (χ4v) is 2.10. The van der Waals surface area contributed by atoms with Crippen LogP contribution in [0.15, 0.2) is 12.1 Å². The number of hydrogen-bond donors (Lipinski definition) is 1. The fourth-order valence-electron chi connectivity index (χ4n) is 1.80. The van der Waals surface area contributed by atoms with Crippen molar-refractivity contribution in [1.29, 1.82) is 0 Å². The molecular formula is C11H12IN3O2. The molecule has 2 amide bonds. The van der Waals surface area contributed by atoms with E-state index >= 15 is 0 Å². The van der Waals surface area contributed by atoms with Crippen LogP contribution in [0.2, 0.25) is 0 Å². The van der Waals surface area contributed by atoms with Crippen molar-refractivity contribution in [2.75, 3.05) is 11.4 Å². The van der Waals surface area contributed by atoms with Crippen LogP contribution in [0, 0.1) is 16.4 Å². The van der Waals surface area contributed by atoms with E-state index < -0.39 is 11.8 Å². The van der Waals surface area contributed by atoms with Gasteiger partial charge in [0.05, 0.1) is 11.6 Å². The van der Waals surface area contributed by atoms with Crippen molar-refractivity contribution in [2.45, 2.75) is 13.3 Å². The lowest BCUT2D eigenvalue weighted by Gasteiger charge is -2.15. The standard InChI is InChI=1S/C11H12IN3O2/c1-6-8(12)2-3-9(14-6)15-5-7(11(13)17)4-10(15)16/h2-3,7H,4-5H2,1H3,(H2,13,17). The van der Waals surface area contributed by atoms with Gasteiger partial charge in [-0.25, -0.2) is 4.98 Å². The Morgan fingerprint density at radius 3 is 2.82 bits per heavy atom. The summed E-state index contributed by atoms with van der Waals surface area (Å²) >= 11 is 2.18. The number of primary amides is 1. The van der Waals surface area contributed by atoms with Crippen LogP contribution in [-0.2, 0) is 9.59 Å². The highest BCUT2D eigenvalue weighted by molar-refractivity contribution is 14.1. The van der Waals surface area contributed by atoms with E-state index in [4.69, 9.17) is 5.73 Å². The molecule has 1 unspecified atom stereocenters. The number of hydrogen-bond acceptors (Lipinski definition) is 3. The van der Waals surface area contributed by atoms with Gasteiger partial charge >= 0.3 is 0 Å². The van der Waals surface area contributed by atoms with Crippen LogP contribution in [0.4, 0.5) is 5.82 Å². The van der Waals surface area contributed by atoms with Gasteiger partial charge in [0.2, 0.25) is 11.8 Å². The summed E-state index contributed by atoms with van der Waals surface area (Å²) < 4.78 is 1.05. The summed E-state index contributed by atoms with van der Waals surface area (Å²) in [4.78, 5) is 28.7. The van der Waals surface area contributed by atoms with Crippen molar-refractivity contribution in [3.05, 3.63) is 21.4 Å². The van der Waals surface area contributed by atoms with E-state index in [0.717, 1.165) is 9.26 Å². The minimum atomic E-state index is -0.428. The van der Waals surface area contributed by atoms with Crippen LogP contribution >= 0.6 is 22.6 Å². The predicted molar refractivity (Wildman–Crippen MR) is 71.3 cm³/mol. The summed E-state index contributed by atoms with van der Waals surface area (Å²) in [5, 5.41) is 0. The Bertz CT molecular complexity index is 490. The van der Waals surface area contributed by atoms with E-state index in [2.05, 4.69) is 27.6 Å². The predicted octanol–water partition coefficient (Wildman–Crippen LogP) is 0.833. The molecule has 2 heterocycles. The molecule has 1 aromatic rings. The van der Waals surface area contributed by atoms with E-state index in [1.807, 2.05) is 13.0 Å². The summed E-state index contributed by atoms with van der Waals surface area (Å²) in [5.41, 5.74) is 6.09. The van der Waals surface area contributed by atoms with Gasteiger partial charge in [-0.15, -0.1) is 0 Å². The largest absolute Gasteiger partial charge is 0.369 e. The molecule has 1 aliphatic rings. The highest BCUT2D eigenvalue weighted by Crippen LogP contribution is 2.24. The van der Waals surface area contributed by atoms with Gasteiger partial charge in [-0.2, -0.15) is 0 Å². The Morgan fingerprint density at radius 1 is 1.59 bits per heavy atom. The topological polar surface area (TPSA) is 76.3 Å². The van der Waals surface area contributed by atoms with Crippen LogP contribution in [0.25, 0.3) is 0 Å². The minimum Gasteiger partial charge on any atom is -0.369 e. The molecule has 5 nitrogen and oxygen atoms in total. The smallest absolute Gasteiger partial charge is 0.229 e. The van der Waals surface area contributed by atoms with Crippen molar-refractivity contribution in [3.8, 4) is 0 Å². The first kappa shape index (κ1) is 12.3. The summed E-state index contributed by atoms with van der Waals surface area (Å²) in [6.45, 7) is 2.22. The Labute approximate surface area is 113 Å². The van der Waals surface area contributed by atoms with Crippen molar-refractivity contribution >= 4 is 40.2 Å². The van der Waals surface area contributed by atoms with Crippen LogP contribution < -0.4 is 10.6 Å². The third-order valence-electron chi connectivity index (χ3n) is 2.81. The zero-order chi connectivity index (χ0) is 12.6. The first-order valence-corrected chi connectivity index (χ1v) is 6.29. The third kappa shape index (κ3) is 2.41. The van der Waals surface area contributed by atoms with Gasteiger partial charge in [0.1, 0.15) is 5.82 Å². The monoisotopic (exact) mass is 345 g/mol. The molecule has 17 heavy (non-hydrogen) atoms. The average Bonchev–Trinajstić information content (AvgIpc) is 2.65. The summed E-state index contributed by atoms with van der Waals surface area (Å²) in [7, 11) is 0. The van der Waals surface area contributed by atoms with E-state index in [1.165, 1.54) is 4.90 Å². The number of anilines is 1. The molecule has 2 N–H and O–H groups in total. The second-order valence-corrected chi connectivity index (χ2v) is 5.21. The number of amides is 2. The number of carbonyl (C=O) groups excluding carboxylic acids is 2. The van der Waals surface area contributed by atoms with E-state index in [-0.39, 0.29) is 12.3 Å². The number of nitrogens with zero attached hydrogens (tertiary/aromatic N) is 2. The Morgan fingerprint density at radius 2 is 2.29 bits per heavy atom. The molecule has 1 saturated heterocycles. The van der Waals surface area contributed by atoms with Crippen LogP contribution in [0.5, 0.6) is 0 Å². The maximum atomic E-state index is 11.8.